The first-order chi connectivity index (χ1) is 12.4. The molecule has 26 heavy (non-hydrogen) atoms. The molecule has 0 aromatic heterocycles. The van der Waals surface area contributed by atoms with Gasteiger partial charge in [0.15, 0.2) is 0 Å². The number of halogens is 1. The Kier molecular flexibility index (Phi) is 5.36. The molecule has 1 fully saturated rings. The van der Waals surface area contributed by atoms with Crippen LogP contribution in [0.15, 0.2) is 53.4 Å². The van der Waals surface area contributed by atoms with Crippen molar-refractivity contribution < 1.29 is 17.6 Å². The third-order valence-electron chi connectivity index (χ3n) is 4.27. The highest BCUT2D eigenvalue weighted by Gasteiger charge is 2.30. The second kappa shape index (κ2) is 7.53. The summed E-state index contributed by atoms with van der Waals surface area (Å²) in [7, 11) is -3.57. The molecule has 0 spiro atoms. The monoisotopic (exact) mass is 377 g/mol. The van der Waals surface area contributed by atoms with Crippen molar-refractivity contribution >= 4 is 21.6 Å². The highest BCUT2D eigenvalue weighted by Crippen LogP contribution is 2.21. The van der Waals surface area contributed by atoms with Gasteiger partial charge in [0.25, 0.3) is 5.91 Å². The molecule has 1 atom stereocenters. The van der Waals surface area contributed by atoms with Crippen molar-refractivity contribution in [1.29, 1.82) is 0 Å². The molecule has 0 radical (unpaired) electrons. The lowest BCUT2D eigenvalue weighted by Gasteiger charge is -2.32. The van der Waals surface area contributed by atoms with Crippen molar-refractivity contribution in [2.24, 2.45) is 0 Å². The van der Waals surface area contributed by atoms with E-state index in [4.69, 9.17) is 0 Å². The summed E-state index contributed by atoms with van der Waals surface area (Å²) in [5.41, 5.74) is 0.782. The van der Waals surface area contributed by atoms with Gasteiger partial charge in [0.05, 0.1) is 4.90 Å². The number of nitrogens with zero attached hydrogens (tertiary/aromatic N) is 1. The average Bonchev–Trinajstić information content (AvgIpc) is 2.63. The third-order valence-corrected chi connectivity index (χ3v) is 6.29. The zero-order valence-corrected chi connectivity index (χ0v) is 15.1. The van der Waals surface area contributed by atoms with E-state index in [1.807, 2.05) is 6.92 Å². The van der Waals surface area contributed by atoms with Crippen LogP contribution in [-0.2, 0) is 10.0 Å². The maximum absolute atomic E-state index is 12.9. The fourth-order valence-corrected chi connectivity index (χ4v) is 4.46. The van der Waals surface area contributed by atoms with Gasteiger partial charge in [0.1, 0.15) is 5.82 Å². The lowest BCUT2D eigenvalue weighted by atomic mass is 10.2. The summed E-state index contributed by atoms with van der Waals surface area (Å²) >= 11 is 0. The van der Waals surface area contributed by atoms with Crippen LogP contribution in [0.2, 0.25) is 0 Å². The topological polar surface area (TPSA) is 78.5 Å². The predicted molar refractivity (Wildman–Crippen MR) is 97.0 cm³/mol. The van der Waals surface area contributed by atoms with Crippen LogP contribution in [0.1, 0.15) is 17.3 Å². The molecule has 2 aromatic rings. The minimum atomic E-state index is -3.57. The van der Waals surface area contributed by atoms with Gasteiger partial charge >= 0.3 is 0 Å². The van der Waals surface area contributed by atoms with Crippen LogP contribution in [0, 0.1) is 5.82 Å². The Labute approximate surface area is 152 Å². The smallest absolute Gasteiger partial charge is 0.255 e. The summed E-state index contributed by atoms with van der Waals surface area (Å²) in [5.74, 6) is -0.811. The normalized spacial score (nSPS) is 18.5. The number of carbonyl (C=O) groups excluding carboxylic acids is 1. The van der Waals surface area contributed by atoms with Gasteiger partial charge in [-0.05, 0) is 55.5 Å². The van der Waals surface area contributed by atoms with Crippen LogP contribution in [0.3, 0.4) is 0 Å². The number of carbonyl (C=O) groups is 1. The molecule has 2 aromatic carbocycles. The average molecular weight is 377 g/mol. The van der Waals surface area contributed by atoms with Gasteiger partial charge in [-0.25, -0.2) is 12.8 Å². The van der Waals surface area contributed by atoms with Gasteiger partial charge in [-0.3, -0.25) is 4.79 Å². The largest absolute Gasteiger partial charge is 0.322 e. The molecule has 0 bridgehead atoms. The molecule has 1 amide bonds. The molecule has 8 heteroatoms. The molecule has 1 unspecified atom stereocenters. The van der Waals surface area contributed by atoms with Gasteiger partial charge in [-0.1, -0.05) is 0 Å². The molecule has 1 heterocycles. The Morgan fingerprint density at radius 2 is 1.81 bits per heavy atom. The van der Waals surface area contributed by atoms with E-state index in [2.05, 4.69) is 10.6 Å². The molecule has 1 saturated heterocycles. The third kappa shape index (κ3) is 3.92. The number of piperazine rings is 1. The van der Waals surface area contributed by atoms with Gasteiger partial charge in [0.2, 0.25) is 10.0 Å². The Morgan fingerprint density at radius 1 is 1.15 bits per heavy atom. The summed E-state index contributed by atoms with van der Waals surface area (Å²) < 4.78 is 39.9. The van der Waals surface area contributed by atoms with E-state index in [-0.39, 0.29) is 10.9 Å². The highest BCUT2D eigenvalue weighted by atomic mass is 32.2. The number of benzene rings is 2. The van der Waals surface area contributed by atoms with Gasteiger partial charge < -0.3 is 10.6 Å². The van der Waals surface area contributed by atoms with Crippen molar-refractivity contribution in [2.45, 2.75) is 17.9 Å². The number of hydrogen-bond acceptors (Lipinski definition) is 4. The van der Waals surface area contributed by atoms with Crippen molar-refractivity contribution in [2.75, 3.05) is 25.0 Å². The zero-order chi connectivity index (χ0) is 18.7. The molecular formula is C18H20FN3O3S. The van der Waals surface area contributed by atoms with Crippen LogP contribution >= 0.6 is 0 Å². The summed E-state index contributed by atoms with van der Waals surface area (Å²) in [4.78, 5) is 12.3. The fraction of sp³-hybridized carbons (Fsp3) is 0.278. The maximum Gasteiger partial charge on any atom is 0.255 e. The molecule has 1 aliphatic heterocycles. The summed E-state index contributed by atoms with van der Waals surface area (Å²) in [6.45, 7) is 3.52. The quantitative estimate of drug-likeness (QED) is 0.855. The number of anilines is 1. The van der Waals surface area contributed by atoms with Crippen LogP contribution in [0.25, 0.3) is 0 Å². The highest BCUT2D eigenvalue weighted by molar-refractivity contribution is 7.89. The first kappa shape index (κ1) is 18.5. The van der Waals surface area contributed by atoms with Crippen LogP contribution in [0.4, 0.5) is 10.1 Å². The lowest BCUT2D eigenvalue weighted by molar-refractivity contribution is 0.102. The fourth-order valence-electron chi connectivity index (χ4n) is 2.83. The van der Waals surface area contributed by atoms with Gasteiger partial charge in [-0.15, -0.1) is 0 Å². The minimum absolute atomic E-state index is 0.119. The van der Waals surface area contributed by atoms with E-state index in [0.29, 0.717) is 30.9 Å². The first-order valence-electron chi connectivity index (χ1n) is 8.27. The van der Waals surface area contributed by atoms with Gasteiger partial charge in [0, 0.05) is 36.9 Å². The summed E-state index contributed by atoms with van der Waals surface area (Å²) in [6.07, 6.45) is 0. The van der Waals surface area contributed by atoms with E-state index >= 15 is 0 Å². The van der Waals surface area contributed by atoms with E-state index in [1.54, 1.807) is 12.1 Å². The Hall–Kier alpha value is -2.29. The molecule has 0 aliphatic carbocycles. The number of rotatable bonds is 4. The maximum atomic E-state index is 12.9. The Balaban J connectivity index is 1.73. The Morgan fingerprint density at radius 3 is 2.42 bits per heavy atom. The van der Waals surface area contributed by atoms with E-state index in [0.717, 1.165) is 0 Å². The molecule has 3 rings (SSSR count). The Bertz CT molecular complexity index is 883. The standard InChI is InChI=1S/C18H20FN3O3S/c1-13-12-20-10-11-22(13)26(24,25)17-8-6-16(7-9-17)21-18(23)14-2-4-15(19)5-3-14/h2-9,13,20H,10-12H2,1H3,(H,21,23). The van der Waals surface area contributed by atoms with E-state index in [9.17, 15) is 17.6 Å². The van der Waals surface area contributed by atoms with E-state index in [1.165, 1.54) is 40.7 Å². The summed E-state index contributed by atoms with van der Waals surface area (Å²) in [6, 6.07) is 11.1. The van der Waals surface area contributed by atoms with Crippen LogP contribution < -0.4 is 10.6 Å². The second-order valence-corrected chi connectivity index (χ2v) is 8.04. The summed E-state index contributed by atoms with van der Waals surface area (Å²) in [5, 5.41) is 5.83. The molecule has 2 N–H and O–H groups in total. The number of nitrogens with one attached hydrogen (secondary N) is 2. The molecule has 6 nitrogen and oxygen atoms in total. The molecule has 138 valence electrons. The van der Waals surface area contributed by atoms with Crippen LogP contribution in [-0.4, -0.2) is 44.3 Å². The van der Waals surface area contributed by atoms with Gasteiger partial charge in [-0.2, -0.15) is 4.31 Å². The van der Waals surface area contributed by atoms with Crippen molar-refractivity contribution in [1.82, 2.24) is 9.62 Å². The first-order valence-corrected chi connectivity index (χ1v) is 9.71. The predicted octanol–water partition coefficient (Wildman–Crippen LogP) is 2.06. The van der Waals surface area contributed by atoms with Crippen molar-refractivity contribution in [3.8, 4) is 0 Å². The van der Waals surface area contributed by atoms with Crippen LogP contribution in [0.5, 0.6) is 0 Å². The SMILES string of the molecule is CC1CNCCN1S(=O)(=O)c1ccc(NC(=O)c2ccc(F)cc2)cc1. The minimum Gasteiger partial charge on any atom is -0.322 e. The number of amides is 1. The molecule has 1 aliphatic rings. The molecular weight excluding hydrogens is 357 g/mol. The van der Waals surface area contributed by atoms with Crippen molar-refractivity contribution in [3.63, 3.8) is 0 Å². The van der Waals surface area contributed by atoms with E-state index < -0.39 is 21.7 Å². The number of sulfonamides is 1. The molecule has 0 saturated carbocycles. The second-order valence-electron chi connectivity index (χ2n) is 6.15. The number of hydrogen-bond donors (Lipinski definition) is 2. The zero-order valence-electron chi connectivity index (χ0n) is 14.3. The lowest BCUT2D eigenvalue weighted by Crippen LogP contribution is -2.52. The van der Waals surface area contributed by atoms with Crippen molar-refractivity contribution in [3.05, 3.63) is 59.9 Å².